The topological polar surface area (TPSA) is 0 Å². The Bertz CT molecular complexity index is 175. The molecule has 0 N–H and O–H groups in total. The summed E-state index contributed by atoms with van der Waals surface area (Å²) in [4.78, 5) is 0. The second-order valence-corrected chi connectivity index (χ2v) is 7.18. The van der Waals surface area contributed by atoms with Gasteiger partial charge in [0.05, 0.1) is 0 Å². The summed E-state index contributed by atoms with van der Waals surface area (Å²) in [5, 5.41) is 0. The van der Waals surface area contributed by atoms with E-state index in [9.17, 15) is 0 Å². The van der Waals surface area contributed by atoms with E-state index in [0.717, 1.165) is 23.7 Å². The quantitative estimate of drug-likeness (QED) is 0.464. The highest BCUT2D eigenvalue weighted by Gasteiger charge is 2.65. The summed E-state index contributed by atoms with van der Waals surface area (Å²) in [7, 11) is 0. The van der Waals surface area contributed by atoms with Crippen molar-refractivity contribution in [2.75, 3.05) is 0 Å². The smallest absolute Gasteiger partial charge is 0.0256 e. The molecule has 2 bridgehead atoms. The van der Waals surface area contributed by atoms with Gasteiger partial charge in [0.2, 0.25) is 0 Å². The first kappa shape index (κ1) is 7.16. The summed E-state index contributed by atoms with van der Waals surface area (Å²) >= 11 is 2.73. The molecule has 62 valence electrons. The van der Waals surface area contributed by atoms with Gasteiger partial charge in [-0.3, -0.25) is 0 Å². The molecule has 1 heteroatoms. The first-order valence-electron chi connectivity index (χ1n) is 4.90. The molecule has 0 amide bonds. The summed E-state index contributed by atoms with van der Waals surface area (Å²) < 4.78 is 0.716. The van der Waals surface area contributed by atoms with Gasteiger partial charge in [0, 0.05) is 3.42 Å². The molecule has 4 saturated carbocycles. The molecule has 0 nitrogen and oxygen atoms in total. The lowest BCUT2D eigenvalue weighted by Crippen LogP contribution is -2.43. The van der Waals surface area contributed by atoms with E-state index in [1.54, 1.807) is 19.3 Å². The summed E-state index contributed by atoms with van der Waals surface area (Å²) in [6.45, 7) is 2.49. The number of halogens is 1. The average Bonchev–Trinajstić information content (AvgIpc) is 2.44. The van der Waals surface area contributed by atoms with Crippen molar-refractivity contribution in [1.82, 2.24) is 0 Å². The Morgan fingerprint density at radius 2 is 1.73 bits per heavy atom. The van der Waals surface area contributed by atoms with Crippen molar-refractivity contribution >= 4 is 22.6 Å². The fourth-order valence-electron chi connectivity index (χ4n) is 4.05. The highest BCUT2D eigenvalue weighted by molar-refractivity contribution is 14.1. The van der Waals surface area contributed by atoms with Crippen LogP contribution in [0, 0.1) is 23.7 Å². The van der Waals surface area contributed by atoms with E-state index < -0.39 is 0 Å². The van der Waals surface area contributed by atoms with E-state index >= 15 is 0 Å². The number of alkyl halides is 1. The van der Waals surface area contributed by atoms with Crippen LogP contribution in [0.1, 0.15) is 32.6 Å². The predicted octanol–water partition coefficient (Wildman–Crippen LogP) is 3.25. The van der Waals surface area contributed by atoms with Crippen LogP contribution in [0.4, 0.5) is 0 Å². The Hall–Kier alpha value is 0.730. The molecule has 0 aromatic carbocycles. The number of hydrogen-bond donors (Lipinski definition) is 0. The van der Waals surface area contributed by atoms with Crippen LogP contribution in [0.5, 0.6) is 0 Å². The Labute approximate surface area is 82.3 Å². The molecule has 4 atom stereocenters. The second kappa shape index (κ2) is 1.97. The van der Waals surface area contributed by atoms with Crippen LogP contribution in [-0.4, -0.2) is 3.42 Å². The van der Waals surface area contributed by atoms with Gasteiger partial charge in [-0.1, -0.05) is 29.0 Å². The van der Waals surface area contributed by atoms with Crippen molar-refractivity contribution in [1.29, 1.82) is 0 Å². The Morgan fingerprint density at radius 3 is 2.18 bits per heavy atom. The molecule has 0 spiro atoms. The summed E-state index contributed by atoms with van der Waals surface area (Å²) in [6.07, 6.45) is 6.23. The van der Waals surface area contributed by atoms with E-state index in [1.807, 2.05) is 0 Å². The van der Waals surface area contributed by atoms with Gasteiger partial charge in [-0.15, -0.1) is 0 Å². The maximum atomic E-state index is 2.73. The van der Waals surface area contributed by atoms with Crippen LogP contribution in [0.2, 0.25) is 0 Å². The number of rotatable bonds is 0. The maximum Gasteiger partial charge on any atom is 0.0256 e. The molecule has 4 fully saturated rings. The van der Waals surface area contributed by atoms with E-state index in [0.29, 0.717) is 3.42 Å². The zero-order valence-electron chi connectivity index (χ0n) is 7.02. The Balaban J connectivity index is 1.96. The molecular formula is C10H15I. The van der Waals surface area contributed by atoms with Crippen molar-refractivity contribution in [3.05, 3.63) is 0 Å². The van der Waals surface area contributed by atoms with Gasteiger partial charge in [0.1, 0.15) is 0 Å². The monoisotopic (exact) mass is 262 g/mol. The van der Waals surface area contributed by atoms with Gasteiger partial charge in [-0.25, -0.2) is 0 Å². The van der Waals surface area contributed by atoms with Crippen molar-refractivity contribution in [2.45, 2.75) is 36.0 Å². The van der Waals surface area contributed by atoms with Crippen LogP contribution in [-0.2, 0) is 0 Å². The minimum absolute atomic E-state index is 0.716. The molecule has 4 rings (SSSR count). The third-order valence-electron chi connectivity index (χ3n) is 4.62. The fourth-order valence-corrected chi connectivity index (χ4v) is 5.48. The maximum absolute atomic E-state index is 2.73. The Morgan fingerprint density at radius 1 is 1.18 bits per heavy atom. The first-order chi connectivity index (χ1) is 5.21. The van der Waals surface area contributed by atoms with Gasteiger partial charge >= 0.3 is 0 Å². The molecule has 0 aromatic heterocycles. The molecular weight excluding hydrogens is 247 g/mol. The third-order valence-corrected chi connectivity index (χ3v) is 6.22. The van der Waals surface area contributed by atoms with Crippen LogP contribution in [0.25, 0.3) is 0 Å². The molecule has 4 unspecified atom stereocenters. The summed E-state index contributed by atoms with van der Waals surface area (Å²) in [5.41, 5.74) is 0. The lowest BCUT2D eigenvalue weighted by atomic mass is 9.70. The fraction of sp³-hybridized carbons (Fsp3) is 1.00. The average molecular weight is 262 g/mol. The minimum Gasteiger partial charge on any atom is -0.0785 e. The van der Waals surface area contributed by atoms with Crippen molar-refractivity contribution in [2.24, 2.45) is 23.7 Å². The van der Waals surface area contributed by atoms with Crippen LogP contribution < -0.4 is 0 Å². The summed E-state index contributed by atoms with van der Waals surface area (Å²) in [6, 6.07) is 0. The predicted molar refractivity (Wildman–Crippen MR) is 54.9 cm³/mol. The molecule has 11 heavy (non-hydrogen) atoms. The minimum atomic E-state index is 0.716. The number of hydrogen-bond acceptors (Lipinski definition) is 0. The van der Waals surface area contributed by atoms with E-state index in [1.165, 1.54) is 6.42 Å². The lowest BCUT2D eigenvalue weighted by molar-refractivity contribution is 0.193. The van der Waals surface area contributed by atoms with E-state index in [2.05, 4.69) is 29.5 Å². The highest BCUT2D eigenvalue weighted by atomic mass is 127. The van der Waals surface area contributed by atoms with Crippen molar-refractivity contribution < 1.29 is 0 Å². The van der Waals surface area contributed by atoms with Gasteiger partial charge in [0.25, 0.3) is 0 Å². The zero-order chi connectivity index (χ0) is 7.64. The normalized spacial score (nSPS) is 66.0. The largest absolute Gasteiger partial charge is 0.0785 e. The molecule has 0 radical (unpaired) electrons. The first-order valence-corrected chi connectivity index (χ1v) is 5.98. The van der Waals surface area contributed by atoms with Crippen molar-refractivity contribution in [3.63, 3.8) is 0 Å². The molecule has 0 heterocycles. The highest BCUT2D eigenvalue weighted by Crippen LogP contribution is 2.70. The van der Waals surface area contributed by atoms with Gasteiger partial charge in [-0.05, 0) is 49.9 Å². The molecule has 0 aliphatic heterocycles. The standard InChI is InChI=1S/C10H15I/c1-10(11)8-5-9(10)7-4-2-3-6(7)8/h6-9H,2-5H2,1H3. The van der Waals surface area contributed by atoms with Gasteiger partial charge in [0.15, 0.2) is 0 Å². The lowest BCUT2D eigenvalue weighted by Gasteiger charge is -2.44. The van der Waals surface area contributed by atoms with Crippen LogP contribution in [0.3, 0.4) is 0 Å². The van der Waals surface area contributed by atoms with Gasteiger partial charge < -0.3 is 0 Å². The molecule has 0 aromatic rings. The van der Waals surface area contributed by atoms with Crippen LogP contribution >= 0.6 is 22.6 Å². The zero-order valence-corrected chi connectivity index (χ0v) is 9.17. The van der Waals surface area contributed by atoms with E-state index in [4.69, 9.17) is 0 Å². The van der Waals surface area contributed by atoms with Crippen LogP contribution in [0.15, 0.2) is 0 Å². The van der Waals surface area contributed by atoms with Gasteiger partial charge in [-0.2, -0.15) is 0 Å². The third kappa shape index (κ3) is 0.678. The molecule has 4 aliphatic rings. The Kier molecular flexibility index (Phi) is 1.28. The van der Waals surface area contributed by atoms with Crippen molar-refractivity contribution in [3.8, 4) is 0 Å². The summed E-state index contributed by atoms with van der Waals surface area (Å²) in [5.74, 6) is 4.53. The van der Waals surface area contributed by atoms with E-state index in [-0.39, 0.29) is 0 Å². The second-order valence-electron chi connectivity index (χ2n) is 4.86. The molecule has 4 aliphatic carbocycles. The molecule has 0 saturated heterocycles. The SMILES string of the molecule is CC1(I)C2CC1C1CCCC12.